The third kappa shape index (κ3) is 1.12. The Hall–Kier alpha value is -1.66. The maximum atomic E-state index is 10.8. The predicted octanol–water partition coefficient (Wildman–Crippen LogP) is 2.89. The molecule has 0 saturated carbocycles. The molecule has 0 atom stereocenters. The summed E-state index contributed by atoms with van der Waals surface area (Å²) in [5.41, 5.74) is 2.14. The van der Waals surface area contributed by atoms with Crippen molar-refractivity contribution in [3.63, 3.8) is 0 Å². The minimum Gasteiger partial charge on any atom is -0.298 e. The molecule has 2 nitrogen and oxygen atoms in total. The minimum absolute atomic E-state index is 0.586. The van der Waals surface area contributed by atoms with Crippen LogP contribution in [0, 0.1) is 18.3 Å². The van der Waals surface area contributed by atoms with Gasteiger partial charge >= 0.3 is 0 Å². The SMILES string of the molecule is Cc1c(C=O)cc(C#N)c2sccc12. The number of nitriles is 1. The molecule has 1 heterocycles. The number of aryl methyl sites for hydroxylation is 1. The molecule has 0 fully saturated rings. The van der Waals surface area contributed by atoms with Gasteiger partial charge in [-0.3, -0.25) is 4.79 Å². The molecule has 0 radical (unpaired) electrons. The van der Waals surface area contributed by atoms with Crippen LogP contribution in [-0.2, 0) is 0 Å². The molecule has 2 rings (SSSR count). The van der Waals surface area contributed by atoms with Gasteiger partial charge in [0.15, 0.2) is 0 Å². The van der Waals surface area contributed by atoms with Gasteiger partial charge in [-0.1, -0.05) is 0 Å². The quantitative estimate of drug-likeness (QED) is 0.665. The van der Waals surface area contributed by atoms with E-state index < -0.39 is 0 Å². The van der Waals surface area contributed by atoms with Crippen LogP contribution in [0.3, 0.4) is 0 Å². The van der Waals surface area contributed by atoms with E-state index in [0.717, 1.165) is 21.9 Å². The Balaban J connectivity index is 2.95. The van der Waals surface area contributed by atoms with Crippen LogP contribution in [-0.4, -0.2) is 6.29 Å². The van der Waals surface area contributed by atoms with Gasteiger partial charge in [0.25, 0.3) is 0 Å². The lowest BCUT2D eigenvalue weighted by Gasteiger charge is -2.01. The maximum Gasteiger partial charge on any atom is 0.150 e. The number of nitrogens with zero attached hydrogens (tertiary/aromatic N) is 1. The summed E-state index contributed by atoms with van der Waals surface area (Å²) in [5.74, 6) is 0. The summed E-state index contributed by atoms with van der Waals surface area (Å²) in [6.45, 7) is 1.90. The number of carbonyl (C=O) groups excluding carboxylic acids is 1. The van der Waals surface area contributed by atoms with Crippen molar-refractivity contribution in [1.29, 1.82) is 5.26 Å². The Morgan fingerprint density at radius 1 is 1.57 bits per heavy atom. The zero-order valence-electron chi connectivity index (χ0n) is 7.57. The molecule has 0 amide bonds. The Morgan fingerprint density at radius 2 is 2.36 bits per heavy atom. The van der Waals surface area contributed by atoms with E-state index in [1.54, 1.807) is 6.07 Å². The second-order valence-corrected chi connectivity index (χ2v) is 3.95. The van der Waals surface area contributed by atoms with Crippen LogP contribution in [0.5, 0.6) is 0 Å². The first-order chi connectivity index (χ1) is 6.77. The third-order valence-corrected chi connectivity index (χ3v) is 3.24. The highest BCUT2D eigenvalue weighted by Gasteiger charge is 2.08. The van der Waals surface area contributed by atoms with Gasteiger partial charge in [-0.2, -0.15) is 5.26 Å². The number of aldehydes is 1. The van der Waals surface area contributed by atoms with Crippen LogP contribution in [0.4, 0.5) is 0 Å². The molecule has 2 aromatic rings. The number of benzene rings is 1. The number of thiophene rings is 1. The van der Waals surface area contributed by atoms with Crippen molar-refractivity contribution in [2.45, 2.75) is 6.92 Å². The van der Waals surface area contributed by atoms with E-state index >= 15 is 0 Å². The third-order valence-electron chi connectivity index (χ3n) is 2.29. The largest absolute Gasteiger partial charge is 0.298 e. The van der Waals surface area contributed by atoms with Crippen LogP contribution in [0.1, 0.15) is 21.5 Å². The molecule has 0 N–H and O–H groups in total. The van der Waals surface area contributed by atoms with Crippen molar-refractivity contribution in [3.05, 3.63) is 34.2 Å². The molecule has 1 aromatic carbocycles. The molecule has 0 unspecified atom stereocenters. The highest BCUT2D eigenvalue weighted by molar-refractivity contribution is 7.17. The van der Waals surface area contributed by atoms with Crippen LogP contribution in [0.25, 0.3) is 10.1 Å². The molecule has 0 saturated heterocycles. The normalized spacial score (nSPS) is 10.0. The summed E-state index contributed by atoms with van der Waals surface area (Å²) >= 11 is 1.53. The smallest absolute Gasteiger partial charge is 0.150 e. The molecular weight excluding hydrogens is 194 g/mol. The molecule has 0 spiro atoms. The first-order valence-electron chi connectivity index (χ1n) is 4.14. The predicted molar refractivity (Wildman–Crippen MR) is 56.7 cm³/mol. The zero-order valence-corrected chi connectivity index (χ0v) is 8.39. The summed E-state index contributed by atoms with van der Waals surface area (Å²) in [6.07, 6.45) is 0.799. The van der Waals surface area contributed by atoms with Crippen molar-refractivity contribution in [2.75, 3.05) is 0 Å². The highest BCUT2D eigenvalue weighted by atomic mass is 32.1. The topological polar surface area (TPSA) is 40.9 Å². The fraction of sp³-hybridized carbons (Fsp3) is 0.0909. The first kappa shape index (κ1) is 8.92. The molecule has 68 valence electrons. The monoisotopic (exact) mass is 201 g/mol. The highest BCUT2D eigenvalue weighted by Crippen LogP contribution is 2.29. The van der Waals surface area contributed by atoms with Crippen LogP contribution < -0.4 is 0 Å². The van der Waals surface area contributed by atoms with E-state index in [-0.39, 0.29) is 0 Å². The van der Waals surface area contributed by atoms with E-state index in [0.29, 0.717) is 11.1 Å². The molecular formula is C11H7NOS. The van der Waals surface area contributed by atoms with Crippen LogP contribution >= 0.6 is 11.3 Å². The summed E-state index contributed by atoms with van der Waals surface area (Å²) in [5, 5.41) is 11.9. The molecule has 0 bridgehead atoms. The van der Waals surface area contributed by atoms with E-state index in [2.05, 4.69) is 6.07 Å². The van der Waals surface area contributed by atoms with Gasteiger partial charge in [-0.05, 0) is 35.4 Å². The fourth-order valence-corrected chi connectivity index (χ4v) is 2.42. The fourth-order valence-electron chi connectivity index (χ4n) is 1.50. The Bertz CT molecular complexity index is 548. The number of rotatable bonds is 1. The second kappa shape index (κ2) is 3.24. The standard InChI is InChI=1S/C11H7NOS/c1-7-9(6-13)4-8(5-12)11-10(7)2-3-14-11/h2-4,6H,1H3. The Morgan fingerprint density at radius 3 is 3.00 bits per heavy atom. The van der Waals surface area contributed by atoms with E-state index in [1.807, 2.05) is 18.4 Å². The Kier molecular flexibility index (Phi) is 2.06. The first-order valence-corrected chi connectivity index (χ1v) is 5.02. The average Bonchev–Trinajstić information content (AvgIpc) is 2.68. The van der Waals surface area contributed by atoms with Crippen molar-refractivity contribution in [1.82, 2.24) is 0 Å². The molecule has 14 heavy (non-hydrogen) atoms. The minimum atomic E-state index is 0.586. The van der Waals surface area contributed by atoms with Crippen molar-refractivity contribution >= 4 is 27.7 Å². The zero-order chi connectivity index (χ0) is 10.1. The lowest BCUT2D eigenvalue weighted by atomic mass is 10.0. The van der Waals surface area contributed by atoms with Gasteiger partial charge in [0.05, 0.1) is 10.3 Å². The Labute approximate surface area is 85.4 Å². The maximum absolute atomic E-state index is 10.8. The van der Waals surface area contributed by atoms with Crippen LogP contribution in [0.2, 0.25) is 0 Å². The van der Waals surface area contributed by atoms with Gasteiger partial charge in [-0.25, -0.2) is 0 Å². The second-order valence-electron chi connectivity index (χ2n) is 3.03. The van der Waals surface area contributed by atoms with Crippen LogP contribution in [0.15, 0.2) is 17.5 Å². The molecule has 0 aliphatic carbocycles. The summed E-state index contributed by atoms with van der Waals surface area (Å²) in [6, 6.07) is 5.71. The van der Waals surface area contributed by atoms with Crippen molar-refractivity contribution in [2.24, 2.45) is 0 Å². The lowest BCUT2D eigenvalue weighted by Crippen LogP contribution is -1.89. The lowest BCUT2D eigenvalue weighted by molar-refractivity contribution is 0.112. The molecule has 0 aliphatic rings. The van der Waals surface area contributed by atoms with Gasteiger partial charge in [0, 0.05) is 5.56 Å². The van der Waals surface area contributed by atoms with E-state index in [4.69, 9.17) is 5.26 Å². The van der Waals surface area contributed by atoms with Crippen molar-refractivity contribution < 1.29 is 4.79 Å². The van der Waals surface area contributed by atoms with Gasteiger partial charge in [0.2, 0.25) is 0 Å². The summed E-state index contributed by atoms with van der Waals surface area (Å²) < 4.78 is 0.968. The van der Waals surface area contributed by atoms with Gasteiger partial charge < -0.3 is 0 Å². The van der Waals surface area contributed by atoms with Crippen molar-refractivity contribution in [3.8, 4) is 6.07 Å². The molecule has 3 heteroatoms. The van der Waals surface area contributed by atoms with E-state index in [9.17, 15) is 4.79 Å². The summed E-state index contributed by atoms with van der Waals surface area (Å²) in [7, 11) is 0. The summed E-state index contributed by atoms with van der Waals surface area (Å²) in [4.78, 5) is 10.8. The number of hydrogen-bond acceptors (Lipinski definition) is 3. The average molecular weight is 201 g/mol. The molecule has 1 aromatic heterocycles. The number of hydrogen-bond donors (Lipinski definition) is 0. The van der Waals surface area contributed by atoms with Gasteiger partial charge in [0.1, 0.15) is 12.4 Å². The number of fused-ring (bicyclic) bond motifs is 1. The molecule has 0 aliphatic heterocycles. The van der Waals surface area contributed by atoms with Gasteiger partial charge in [-0.15, -0.1) is 11.3 Å². The number of carbonyl (C=O) groups is 1. The van der Waals surface area contributed by atoms with E-state index in [1.165, 1.54) is 11.3 Å².